The van der Waals surface area contributed by atoms with Crippen LogP contribution in [0.15, 0.2) is 0 Å². The van der Waals surface area contributed by atoms with Gasteiger partial charge in [-0.3, -0.25) is 4.79 Å². The number of hydrogen-bond donors (Lipinski definition) is 3. The summed E-state index contributed by atoms with van der Waals surface area (Å²) in [6, 6.07) is -0.772. The van der Waals surface area contributed by atoms with E-state index in [1.165, 1.54) is 0 Å². The molecule has 0 fully saturated rings. The van der Waals surface area contributed by atoms with Crippen LogP contribution in [0.2, 0.25) is 0 Å². The molecular formula is C12H24N2O4. The number of urea groups is 1. The normalized spacial score (nSPS) is 13.7. The Kier molecular flexibility index (Phi) is 9.00. The van der Waals surface area contributed by atoms with Crippen LogP contribution in [0.25, 0.3) is 0 Å². The summed E-state index contributed by atoms with van der Waals surface area (Å²) in [6.07, 6.45) is 1.42. The van der Waals surface area contributed by atoms with E-state index in [2.05, 4.69) is 10.6 Å². The third kappa shape index (κ3) is 8.81. The Hall–Kier alpha value is -1.30. The molecule has 0 saturated heterocycles. The van der Waals surface area contributed by atoms with Crippen molar-refractivity contribution in [3.63, 3.8) is 0 Å². The van der Waals surface area contributed by atoms with E-state index in [9.17, 15) is 9.59 Å². The fraction of sp³-hybridized carbons (Fsp3) is 0.833. The van der Waals surface area contributed by atoms with Gasteiger partial charge < -0.3 is 20.5 Å². The predicted molar refractivity (Wildman–Crippen MR) is 68.6 cm³/mol. The van der Waals surface area contributed by atoms with Gasteiger partial charge in [0, 0.05) is 12.6 Å². The summed E-state index contributed by atoms with van der Waals surface area (Å²) in [4.78, 5) is 22.3. The van der Waals surface area contributed by atoms with Gasteiger partial charge in [-0.1, -0.05) is 13.3 Å². The fourth-order valence-corrected chi connectivity index (χ4v) is 1.57. The molecule has 0 aromatic rings. The number of hydrogen-bond acceptors (Lipinski definition) is 3. The molecule has 106 valence electrons. The maximum atomic E-state index is 11.6. The minimum atomic E-state index is -0.906. The standard InChI is InChI=1S/C12H24N2O4/c1-4-6-10(7-11(15)16)14-12(17)13-9(3)8-18-5-2/h9-10H,4-8H2,1-3H3,(H,15,16)(H2,13,14,17). The molecule has 0 aromatic carbocycles. The first-order valence-corrected chi connectivity index (χ1v) is 6.36. The van der Waals surface area contributed by atoms with Gasteiger partial charge in [-0.25, -0.2) is 4.79 Å². The van der Waals surface area contributed by atoms with E-state index in [0.29, 0.717) is 19.6 Å². The number of ether oxygens (including phenoxy) is 1. The zero-order chi connectivity index (χ0) is 14.0. The van der Waals surface area contributed by atoms with Crippen LogP contribution in [-0.2, 0) is 9.53 Å². The molecule has 6 heteroatoms. The Bertz CT molecular complexity index is 258. The van der Waals surface area contributed by atoms with E-state index in [1.54, 1.807) is 0 Å². The van der Waals surface area contributed by atoms with Crippen molar-refractivity contribution in [2.45, 2.75) is 52.1 Å². The molecule has 0 bridgehead atoms. The highest BCUT2D eigenvalue weighted by Gasteiger charge is 2.16. The zero-order valence-electron chi connectivity index (χ0n) is 11.4. The van der Waals surface area contributed by atoms with Gasteiger partial charge in [-0.2, -0.15) is 0 Å². The van der Waals surface area contributed by atoms with Crippen LogP contribution in [-0.4, -0.2) is 42.4 Å². The molecule has 0 aliphatic heterocycles. The van der Waals surface area contributed by atoms with Gasteiger partial charge in [0.1, 0.15) is 0 Å². The topological polar surface area (TPSA) is 87.7 Å². The lowest BCUT2D eigenvalue weighted by atomic mass is 10.1. The highest BCUT2D eigenvalue weighted by Crippen LogP contribution is 2.01. The van der Waals surface area contributed by atoms with E-state index in [-0.39, 0.29) is 24.5 Å². The predicted octanol–water partition coefficient (Wildman–Crippen LogP) is 1.35. The second kappa shape index (κ2) is 9.70. The van der Waals surface area contributed by atoms with E-state index < -0.39 is 5.97 Å². The molecule has 0 aromatic heterocycles. The summed E-state index contributed by atoms with van der Waals surface area (Å²) in [5.74, 6) is -0.906. The van der Waals surface area contributed by atoms with Crippen LogP contribution in [0.4, 0.5) is 4.79 Å². The molecule has 0 radical (unpaired) electrons. The molecule has 0 rings (SSSR count). The number of nitrogens with one attached hydrogen (secondary N) is 2. The van der Waals surface area contributed by atoms with Crippen molar-refractivity contribution >= 4 is 12.0 Å². The number of carbonyl (C=O) groups excluding carboxylic acids is 1. The first-order valence-electron chi connectivity index (χ1n) is 6.36. The molecule has 2 amide bonds. The average molecular weight is 260 g/mol. The Morgan fingerprint density at radius 3 is 2.44 bits per heavy atom. The van der Waals surface area contributed by atoms with E-state index in [4.69, 9.17) is 9.84 Å². The summed E-state index contributed by atoms with van der Waals surface area (Å²) in [5, 5.41) is 14.1. The maximum Gasteiger partial charge on any atom is 0.315 e. The van der Waals surface area contributed by atoms with Crippen molar-refractivity contribution in [3.8, 4) is 0 Å². The smallest absolute Gasteiger partial charge is 0.315 e. The van der Waals surface area contributed by atoms with Gasteiger partial charge in [-0.05, 0) is 20.3 Å². The molecule has 0 aliphatic rings. The number of carbonyl (C=O) groups is 2. The molecule has 18 heavy (non-hydrogen) atoms. The quantitative estimate of drug-likeness (QED) is 0.584. The summed E-state index contributed by atoms with van der Waals surface area (Å²) >= 11 is 0. The second-order valence-electron chi connectivity index (χ2n) is 4.26. The van der Waals surface area contributed by atoms with Crippen LogP contribution in [0.5, 0.6) is 0 Å². The van der Waals surface area contributed by atoms with Crippen molar-refractivity contribution in [3.05, 3.63) is 0 Å². The van der Waals surface area contributed by atoms with Crippen molar-refractivity contribution in [2.75, 3.05) is 13.2 Å². The highest BCUT2D eigenvalue weighted by atomic mass is 16.5. The SMILES string of the molecule is CCCC(CC(=O)O)NC(=O)NC(C)COCC. The van der Waals surface area contributed by atoms with Crippen molar-refractivity contribution in [2.24, 2.45) is 0 Å². The number of rotatable bonds is 9. The molecule has 2 atom stereocenters. The lowest BCUT2D eigenvalue weighted by molar-refractivity contribution is -0.137. The van der Waals surface area contributed by atoms with Crippen LogP contribution in [0.1, 0.15) is 40.0 Å². The molecule has 3 N–H and O–H groups in total. The first-order chi connectivity index (χ1) is 8.49. The van der Waals surface area contributed by atoms with Gasteiger partial charge in [0.25, 0.3) is 0 Å². The van der Waals surface area contributed by atoms with E-state index in [0.717, 1.165) is 6.42 Å². The largest absolute Gasteiger partial charge is 0.481 e. The highest BCUT2D eigenvalue weighted by molar-refractivity contribution is 5.75. The Morgan fingerprint density at radius 1 is 1.28 bits per heavy atom. The summed E-state index contributed by atoms with van der Waals surface area (Å²) in [5.41, 5.74) is 0. The second-order valence-corrected chi connectivity index (χ2v) is 4.26. The number of aliphatic carboxylic acids is 1. The van der Waals surface area contributed by atoms with Crippen LogP contribution in [0, 0.1) is 0 Å². The minimum absolute atomic E-state index is 0.0545. The monoisotopic (exact) mass is 260 g/mol. The summed E-state index contributed by atoms with van der Waals surface area (Å²) in [6.45, 7) is 6.72. The average Bonchev–Trinajstić information content (AvgIpc) is 2.25. The molecule has 0 aliphatic carbocycles. The van der Waals surface area contributed by atoms with Gasteiger partial charge in [-0.15, -0.1) is 0 Å². The Balaban J connectivity index is 4.03. The number of carboxylic acid groups (broad SMARTS) is 1. The molecule has 0 heterocycles. The van der Waals surface area contributed by atoms with Crippen LogP contribution in [0.3, 0.4) is 0 Å². The van der Waals surface area contributed by atoms with Gasteiger partial charge in [0.15, 0.2) is 0 Å². The molecule has 2 unspecified atom stereocenters. The van der Waals surface area contributed by atoms with Crippen molar-refractivity contribution < 1.29 is 19.4 Å². The lowest BCUT2D eigenvalue weighted by Crippen LogP contribution is -2.47. The van der Waals surface area contributed by atoms with E-state index in [1.807, 2.05) is 20.8 Å². The molecule has 6 nitrogen and oxygen atoms in total. The van der Waals surface area contributed by atoms with Crippen molar-refractivity contribution in [1.82, 2.24) is 10.6 Å². The number of amides is 2. The van der Waals surface area contributed by atoms with Crippen LogP contribution >= 0.6 is 0 Å². The molecule has 0 spiro atoms. The van der Waals surface area contributed by atoms with Gasteiger partial charge in [0.05, 0.1) is 19.1 Å². The third-order valence-electron chi connectivity index (χ3n) is 2.34. The Morgan fingerprint density at radius 2 is 1.94 bits per heavy atom. The third-order valence-corrected chi connectivity index (χ3v) is 2.34. The summed E-state index contributed by atoms with van der Waals surface area (Å²) in [7, 11) is 0. The van der Waals surface area contributed by atoms with Gasteiger partial charge >= 0.3 is 12.0 Å². The maximum absolute atomic E-state index is 11.6. The Labute approximate surface area is 108 Å². The minimum Gasteiger partial charge on any atom is -0.481 e. The molecular weight excluding hydrogens is 236 g/mol. The fourth-order valence-electron chi connectivity index (χ4n) is 1.57. The van der Waals surface area contributed by atoms with Crippen LogP contribution < -0.4 is 10.6 Å². The zero-order valence-corrected chi connectivity index (χ0v) is 11.4. The number of carboxylic acids is 1. The lowest BCUT2D eigenvalue weighted by Gasteiger charge is -2.19. The van der Waals surface area contributed by atoms with Crippen molar-refractivity contribution in [1.29, 1.82) is 0 Å². The molecule has 0 saturated carbocycles. The first kappa shape index (κ1) is 16.7. The van der Waals surface area contributed by atoms with E-state index >= 15 is 0 Å². The summed E-state index contributed by atoms with van der Waals surface area (Å²) < 4.78 is 5.18. The van der Waals surface area contributed by atoms with Gasteiger partial charge in [0.2, 0.25) is 0 Å².